The van der Waals surface area contributed by atoms with Crippen molar-refractivity contribution in [2.24, 2.45) is 0 Å². The quantitative estimate of drug-likeness (QED) is 0.168. The molecule has 0 fully saturated rings. The van der Waals surface area contributed by atoms with Crippen LogP contribution in [0.3, 0.4) is 0 Å². The van der Waals surface area contributed by atoms with Crippen LogP contribution in [0, 0.1) is 0 Å². The van der Waals surface area contributed by atoms with E-state index in [1.54, 1.807) is 0 Å². The minimum atomic E-state index is 0.561. The molecule has 0 saturated carbocycles. The first kappa shape index (κ1) is 32.0. The topological polar surface area (TPSA) is 52.9 Å². The van der Waals surface area contributed by atoms with Crippen LogP contribution in [0.2, 0.25) is 0 Å². The highest BCUT2D eigenvalue weighted by atomic mass is 15.3. The van der Waals surface area contributed by atoms with Gasteiger partial charge in [-0.15, -0.1) is 0 Å². The Hall–Kier alpha value is -8.09. The van der Waals surface area contributed by atoms with E-state index in [0.717, 1.165) is 60.2 Å². The molecular formula is C53H32N6. The fourth-order valence-corrected chi connectivity index (χ4v) is 9.61. The van der Waals surface area contributed by atoms with Crippen LogP contribution in [0.5, 0.6) is 0 Å². The first-order valence-electron chi connectivity index (χ1n) is 20.0. The predicted molar refractivity (Wildman–Crippen MR) is 243 cm³/mol. The molecule has 13 aromatic rings. The zero-order valence-electron chi connectivity index (χ0n) is 31.7. The molecule has 0 spiro atoms. The van der Waals surface area contributed by atoms with Crippen LogP contribution in [-0.4, -0.2) is 28.5 Å². The third-order valence-corrected chi connectivity index (χ3v) is 12.1. The molecule has 0 bridgehead atoms. The number of nitrogens with zero attached hydrogens (tertiary/aromatic N) is 6. The number of pyridine rings is 1. The van der Waals surface area contributed by atoms with Crippen LogP contribution in [0.25, 0.3) is 116 Å². The van der Waals surface area contributed by atoms with Gasteiger partial charge in [0.15, 0.2) is 5.82 Å². The van der Waals surface area contributed by atoms with Gasteiger partial charge in [0.25, 0.3) is 0 Å². The normalized spacial score (nSPS) is 12.1. The van der Waals surface area contributed by atoms with Crippen molar-refractivity contribution in [1.29, 1.82) is 0 Å². The van der Waals surface area contributed by atoms with Crippen LogP contribution in [0.15, 0.2) is 194 Å². The molecule has 0 unspecified atom stereocenters. The second-order valence-electron chi connectivity index (χ2n) is 15.2. The molecule has 0 radical (unpaired) electrons. The lowest BCUT2D eigenvalue weighted by Gasteiger charge is -2.13. The molecule has 6 heteroatoms. The maximum Gasteiger partial charge on any atom is 0.240 e. The van der Waals surface area contributed by atoms with Crippen molar-refractivity contribution >= 4 is 81.7 Å². The summed E-state index contributed by atoms with van der Waals surface area (Å²) in [6.45, 7) is 0. The Morgan fingerprint density at radius 3 is 1.24 bits per heavy atom. The molecule has 5 heterocycles. The van der Waals surface area contributed by atoms with Crippen LogP contribution in [-0.2, 0) is 0 Å². The largest absolute Gasteiger partial charge is 0.308 e. The van der Waals surface area contributed by atoms with Crippen molar-refractivity contribution in [3.05, 3.63) is 194 Å². The maximum atomic E-state index is 5.40. The molecule has 13 rings (SSSR count). The van der Waals surface area contributed by atoms with Gasteiger partial charge in [0, 0.05) is 48.8 Å². The molecule has 6 nitrogen and oxygen atoms in total. The van der Waals surface area contributed by atoms with E-state index < -0.39 is 0 Å². The van der Waals surface area contributed by atoms with E-state index in [1.165, 1.54) is 38.2 Å². The number of para-hydroxylation sites is 5. The number of aromatic nitrogens is 6. The summed E-state index contributed by atoms with van der Waals surface area (Å²) in [5.74, 6) is 1.72. The Labute approximate surface area is 337 Å². The van der Waals surface area contributed by atoms with Crippen molar-refractivity contribution < 1.29 is 0 Å². The van der Waals surface area contributed by atoms with Gasteiger partial charge in [-0.05, 0) is 47.3 Å². The molecule has 0 aliphatic rings. The van der Waals surface area contributed by atoms with Gasteiger partial charge in [-0.1, -0.05) is 158 Å². The first-order chi connectivity index (χ1) is 29.3. The summed E-state index contributed by atoms with van der Waals surface area (Å²) in [6.07, 6.45) is 0. The van der Waals surface area contributed by atoms with Gasteiger partial charge in [-0.25, -0.2) is 0 Å². The average Bonchev–Trinajstić information content (AvgIpc) is 3.95. The van der Waals surface area contributed by atoms with E-state index in [9.17, 15) is 0 Å². The maximum absolute atomic E-state index is 5.40. The lowest BCUT2D eigenvalue weighted by Crippen LogP contribution is -2.10. The van der Waals surface area contributed by atoms with Gasteiger partial charge in [-0.2, -0.15) is 15.0 Å². The minimum Gasteiger partial charge on any atom is -0.308 e. The second-order valence-corrected chi connectivity index (χ2v) is 15.2. The number of hydrogen-bond donors (Lipinski definition) is 0. The molecule has 0 N–H and O–H groups in total. The Bertz CT molecular complexity index is 3610. The van der Waals surface area contributed by atoms with Gasteiger partial charge in [0.1, 0.15) is 0 Å². The molecule has 274 valence electrons. The number of hydrogen-bond acceptors (Lipinski definition) is 3. The van der Waals surface area contributed by atoms with E-state index in [-0.39, 0.29) is 0 Å². The Balaban J connectivity index is 1.16. The molecule has 0 saturated heterocycles. The molecule has 0 atom stereocenters. The first-order valence-corrected chi connectivity index (χ1v) is 20.0. The van der Waals surface area contributed by atoms with E-state index >= 15 is 0 Å². The third kappa shape index (κ3) is 4.54. The Morgan fingerprint density at radius 1 is 0.288 bits per heavy atom. The van der Waals surface area contributed by atoms with E-state index in [4.69, 9.17) is 15.0 Å². The summed E-state index contributed by atoms with van der Waals surface area (Å²) < 4.78 is 6.82. The minimum absolute atomic E-state index is 0.561. The third-order valence-electron chi connectivity index (χ3n) is 12.1. The van der Waals surface area contributed by atoms with Crippen molar-refractivity contribution in [2.75, 3.05) is 0 Å². The fraction of sp³-hybridized carbons (Fsp3) is 0. The zero-order valence-corrected chi connectivity index (χ0v) is 31.7. The molecule has 5 aromatic heterocycles. The molecule has 0 aliphatic carbocycles. The highest BCUT2D eigenvalue weighted by Crippen LogP contribution is 2.43. The molecule has 8 aromatic carbocycles. The molecule has 59 heavy (non-hydrogen) atoms. The average molecular weight is 753 g/mol. The smallest absolute Gasteiger partial charge is 0.240 e. The lowest BCUT2D eigenvalue weighted by atomic mass is 9.98. The fourth-order valence-electron chi connectivity index (χ4n) is 9.61. The number of benzene rings is 8. The lowest BCUT2D eigenvalue weighted by molar-refractivity contribution is 0.893. The standard InChI is InChI=1S/C53H32N6/c1-2-16-33(17-3-1)49-42-31-30-34(32-48(42)57-43-25-11-6-19-36(43)35-18-4-5-24-41(35)50(49)57)51-54-52(58-44-26-12-7-20-37(44)38-21-8-13-27-45(38)58)56-53(55-51)59-46-28-14-9-22-39(46)40-23-10-15-29-47(40)59/h1-32H. The zero-order chi connectivity index (χ0) is 38.6. The van der Waals surface area contributed by atoms with Gasteiger partial charge in [-0.3, -0.25) is 9.13 Å². The van der Waals surface area contributed by atoms with Gasteiger partial charge < -0.3 is 4.40 Å². The van der Waals surface area contributed by atoms with Crippen LogP contribution in [0.1, 0.15) is 0 Å². The number of fused-ring (bicyclic) bond motifs is 14. The SMILES string of the molecule is c1ccc(-c2c3ccc(-c4nc(-n5c6ccccc6c6ccccc65)nc(-n5c6ccccc6c6ccccc65)n4)cc3n3c4ccccc4c4ccccc4c23)cc1. The van der Waals surface area contributed by atoms with Gasteiger partial charge >= 0.3 is 0 Å². The van der Waals surface area contributed by atoms with E-state index in [0.29, 0.717) is 17.7 Å². The highest BCUT2D eigenvalue weighted by Gasteiger charge is 2.23. The second kappa shape index (κ2) is 12.2. The van der Waals surface area contributed by atoms with Crippen molar-refractivity contribution in [1.82, 2.24) is 28.5 Å². The van der Waals surface area contributed by atoms with Crippen molar-refractivity contribution in [3.63, 3.8) is 0 Å². The summed E-state index contributed by atoms with van der Waals surface area (Å²) in [7, 11) is 0. The van der Waals surface area contributed by atoms with Gasteiger partial charge in [0.05, 0.1) is 38.6 Å². The summed E-state index contributed by atoms with van der Waals surface area (Å²) in [4.78, 5) is 16.2. The number of rotatable bonds is 4. The van der Waals surface area contributed by atoms with Crippen molar-refractivity contribution in [3.8, 4) is 34.4 Å². The van der Waals surface area contributed by atoms with Crippen LogP contribution >= 0.6 is 0 Å². The Kier molecular flexibility index (Phi) is 6.63. The summed E-state index contributed by atoms with van der Waals surface area (Å²) in [5.41, 5.74) is 10.9. The van der Waals surface area contributed by atoms with Gasteiger partial charge in [0.2, 0.25) is 11.9 Å². The summed E-state index contributed by atoms with van der Waals surface area (Å²) in [6, 6.07) is 69.0. The molecule has 0 amide bonds. The van der Waals surface area contributed by atoms with Crippen molar-refractivity contribution in [2.45, 2.75) is 0 Å². The molecular weight excluding hydrogens is 721 g/mol. The van der Waals surface area contributed by atoms with E-state index in [1.807, 2.05) is 0 Å². The summed E-state index contributed by atoms with van der Waals surface area (Å²) in [5, 5.41) is 9.43. The highest BCUT2D eigenvalue weighted by molar-refractivity contribution is 6.22. The Morgan fingerprint density at radius 2 is 0.712 bits per heavy atom. The molecule has 0 aliphatic heterocycles. The monoisotopic (exact) mass is 752 g/mol. The summed E-state index contributed by atoms with van der Waals surface area (Å²) >= 11 is 0. The van der Waals surface area contributed by atoms with E-state index in [2.05, 4.69) is 208 Å². The van der Waals surface area contributed by atoms with Crippen LogP contribution in [0.4, 0.5) is 0 Å². The van der Waals surface area contributed by atoms with Crippen LogP contribution < -0.4 is 0 Å². The predicted octanol–water partition coefficient (Wildman–Crippen LogP) is 13.1.